The maximum Gasteiger partial charge on any atom is 0.243 e. The summed E-state index contributed by atoms with van der Waals surface area (Å²) in [5.41, 5.74) is 5.00. The highest BCUT2D eigenvalue weighted by Crippen LogP contribution is 2.43. The van der Waals surface area contributed by atoms with Gasteiger partial charge >= 0.3 is 0 Å². The molecule has 1 aromatic carbocycles. The quantitative estimate of drug-likeness (QED) is 0.823. The lowest BCUT2D eigenvalue weighted by atomic mass is 10.0. The number of rotatable bonds is 3. The van der Waals surface area contributed by atoms with Crippen LogP contribution < -0.4 is 10.7 Å². The Kier molecular flexibility index (Phi) is 4.00. The van der Waals surface area contributed by atoms with Gasteiger partial charge < -0.3 is 10.8 Å². The smallest absolute Gasteiger partial charge is 0.243 e. The van der Waals surface area contributed by atoms with E-state index < -0.39 is 0 Å². The molecule has 108 valence electrons. The molecule has 2 atom stereocenters. The van der Waals surface area contributed by atoms with Gasteiger partial charge in [0.2, 0.25) is 11.8 Å². The Labute approximate surface area is 121 Å². The van der Waals surface area contributed by atoms with Crippen molar-refractivity contribution in [2.75, 3.05) is 5.32 Å². The second-order valence-corrected chi connectivity index (χ2v) is 4.88. The average molecular weight is 286 g/mol. The largest absolute Gasteiger partial charge is 0.412 e. The van der Waals surface area contributed by atoms with Gasteiger partial charge in [-0.05, 0) is 24.1 Å². The van der Waals surface area contributed by atoms with Crippen LogP contribution in [0.3, 0.4) is 0 Å². The van der Waals surface area contributed by atoms with E-state index in [1.54, 1.807) is 18.2 Å². The number of nitriles is 1. The van der Waals surface area contributed by atoms with Crippen LogP contribution in [0.5, 0.6) is 0 Å². The number of carbonyl (C=O) groups excluding carboxylic acids is 2. The minimum absolute atomic E-state index is 0. The van der Waals surface area contributed by atoms with Crippen LogP contribution in [0.2, 0.25) is 0 Å². The number of benzene rings is 1. The molecule has 1 aliphatic carbocycles. The Morgan fingerprint density at radius 2 is 2.10 bits per heavy atom. The fraction of sp³-hybridized carbons (Fsp3) is 0.286. The van der Waals surface area contributed by atoms with E-state index in [-0.39, 0.29) is 35.5 Å². The molecule has 1 aromatic rings. The van der Waals surface area contributed by atoms with E-state index in [0.29, 0.717) is 5.69 Å². The number of nitrogens with one attached hydrogen (secondary N) is 2. The van der Waals surface area contributed by atoms with Gasteiger partial charge in [0.1, 0.15) is 6.42 Å². The van der Waals surface area contributed by atoms with Gasteiger partial charge in [-0.2, -0.15) is 10.4 Å². The lowest BCUT2D eigenvalue weighted by Gasteiger charge is -2.12. The summed E-state index contributed by atoms with van der Waals surface area (Å²) in [6.07, 6.45) is 0.690. The third-order valence-corrected chi connectivity index (χ3v) is 3.47. The summed E-state index contributed by atoms with van der Waals surface area (Å²) < 4.78 is 0. The Hall–Kier alpha value is -2.72. The SMILES string of the molecule is N#CCC(=O)Nc1ccc(C2=NNC(=O)C3CC23)cc1.O. The van der Waals surface area contributed by atoms with E-state index in [4.69, 9.17) is 5.26 Å². The Bertz CT molecular complexity index is 645. The van der Waals surface area contributed by atoms with E-state index in [2.05, 4.69) is 15.8 Å². The average Bonchev–Trinajstić information content (AvgIpc) is 3.22. The van der Waals surface area contributed by atoms with Crippen molar-refractivity contribution in [1.82, 2.24) is 5.43 Å². The molecule has 0 bridgehead atoms. The predicted octanol–water partition coefficient (Wildman–Crippen LogP) is 0.184. The number of hydrazone groups is 1. The number of fused-ring (bicyclic) bond motifs is 1. The lowest BCUT2D eigenvalue weighted by molar-refractivity contribution is -0.122. The van der Waals surface area contributed by atoms with Crippen molar-refractivity contribution in [3.8, 4) is 6.07 Å². The van der Waals surface area contributed by atoms with Crippen molar-refractivity contribution in [1.29, 1.82) is 5.26 Å². The molecule has 1 fully saturated rings. The van der Waals surface area contributed by atoms with Gasteiger partial charge in [-0.3, -0.25) is 9.59 Å². The van der Waals surface area contributed by atoms with Crippen molar-refractivity contribution in [3.05, 3.63) is 29.8 Å². The first-order valence-corrected chi connectivity index (χ1v) is 6.33. The zero-order valence-corrected chi connectivity index (χ0v) is 11.1. The highest BCUT2D eigenvalue weighted by Gasteiger charge is 2.49. The third kappa shape index (κ3) is 2.90. The summed E-state index contributed by atoms with van der Waals surface area (Å²) in [5, 5.41) is 15.2. The molecule has 0 saturated heterocycles. The summed E-state index contributed by atoms with van der Waals surface area (Å²) in [6.45, 7) is 0. The number of hydrogen-bond donors (Lipinski definition) is 2. The van der Waals surface area contributed by atoms with Gasteiger partial charge in [0.05, 0.1) is 11.8 Å². The van der Waals surface area contributed by atoms with Crippen LogP contribution in [-0.2, 0) is 9.59 Å². The minimum atomic E-state index is -0.329. The number of carbonyl (C=O) groups is 2. The normalized spacial score (nSPS) is 21.9. The summed E-state index contributed by atoms with van der Waals surface area (Å²) >= 11 is 0. The summed E-state index contributed by atoms with van der Waals surface area (Å²) in [4.78, 5) is 22.6. The second kappa shape index (κ2) is 5.73. The van der Waals surface area contributed by atoms with Crippen molar-refractivity contribution < 1.29 is 15.1 Å². The molecule has 3 rings (SSSR count). The van der Waals surface area contributed by atoms with Gasteiger partial charge in [0.25, 0.3) is 0 Å². The molecular weight excluding hydrogens is 272 g/mol. The summed E-state index contributed by atoms with van der Waals surface area (Å²) in [7, 11) is 0. The highest BCUT2D eigenvalue weighted by molar-refractivity contribution is 6.09. The van der Waals surface area contributed by atoms with Crippen molar-refractivity contribution in [2.24, 2.45) is 16.9 Å². The third-order valence-electron chi connectivity index (χ3n) is 3.47. The molecule has 2 amide bonds. The Balaban J connectivity index is 0.00000161. The molecule has 1 saturated carbocycles. The maximum atomic E-state index is 11.4. The Morgan fingerprint density at radius 3 is 2.76 bits per heavy atom. The molecular formula is C14H14N4O3. The van der Waals surface area contributed by atoms with E-state index in [9.17, 15) is 9.59 Å². The van der Waals surface area contributed by atoms with E-state index in [1.807, 2.05) is 12.1 Å². The summed E-state index contributed by atoms with van der Waals surface area (Å²) in [6, 6.07) is 9.03. The molecule has 0 radical (unpaired) electrons. The van der Waals surface area contributed by atoms with Crippen LogP contribution in [-0.4, -0.2) is 23.0 Å². The van der Waals surface area contributed by atoms with E-state index >= 15 is 0 Å². The van der Waals surface area contributed by atoms with Crippen molar-refractivity contribution in [2.45, 2.75) is 12.8 Å². The minimum Gasteiger partial charge on any atom is -0.412 e. The second-order valence-electron chi connectivity index (χ2n) is 4.88. The molecule has 1 heterocycles. The fourth-order valence-corrected chi connectivity index (χ4v) is 2.35. The molecule has 21 heavy (non-hydrogen) atoms. The van der Waals surface area contributed by atoms with Gasteiger partial charge in [0, 0.05) is 17.5 Å². The zero-order chi connectivity index (χ0) is 14.1. The van der Waals surface area contributed by atoms with Crippen molar-refractivity contribution in [3.63, 3.8) is 0 Å². The summed E-state index contributed by atoms with van der Waals surface area (Å²) in [5.74, 6) is -0.0378. The predicted molar refractivity (Wildman–Crippen MR) is 75.2 cm³/mol. The first kappa shape index (κ1) is 14.7. The Morgan fingerprint density at radius 1 is 1.38 bits per heavy atom. The van der Waals surface area contributed by atoms with Crippen LogP contribution in [0.4, 0.5) is 5.69 Å². The molecule has 1 aliphatic heterocycles. The number of amides is 2. The molecule has 0 spiro atoms. The molecule has 7 heteroatoms. The number of hydrogen-bond acceptors (Lipinski definition) is 4. The maximum absolute atomic E-state index is 11.4. The molecule has 7 nitrogen and oxygen atoms in total. The molecule has 2 aliphatic rings. The van der Waals surface area contributed by atoms with Crippen LogP contribution in [0.25, 0.3) is 0 Å². The highest BCUT2D eigenvalue weighted by atomic mass is 16.2. The standard InChI is InChI=1S/C14H12N4O2.H2O/c15-6-5-12(19)16-9-3-1-8(2-4-9)13-10-7-11(10)14(20)18-17-13;/h1-4,10-11H,5,7H2,(H,16,19)(H,18,20);1H2. The van der Waals surface area contributed by atoms with E-state index in [0.717, 1.165) is 17.7 Å². The van der Waals surface area contributed by atoms with Gasteiger partial charge in [0.15, 0.2) is 0 Å². The van der Waals surface area contributed by atoms with Crippen LogP contribution in [0.1, 0.15) is 18.4 Å². The molecule has 0 aromatic heterocycles. The monoisotopic (exact) mass is 286 g/mol. The molecule has 4 N–H and O–H groups in total. The fourth-order valence-electron chi connectivity index (χ4n) is 2.35. The van der Waals surface area contributed by atoms with E-state index in [1.165, 1.54) is 0 Å². The van der Waals surface area contributed by atoms with Gasteiger partial charge in [-0.15, -0.1) is 0 Å². The first-order chi connectivity index (χ1) is 9.69. The zero-order valence-electron chi connectivity index (χ0n) is 11.1. The van der Waals surface area contributed by atoms with Crippen LogP contribution in [0, 0.1) is 23.2 Å². The topological polar surface area (TPSA) is 126 Å². The lowest BCUT2D eigenvalue weighted by Crippen LogP contribution is -2.28. The first-order valence-electron chi connectivity index (χ1n) is 6.33. The van der Waals surface area contributed by atoms with Gasteiger partial charge in [-0.1, -0.05) is 12.1 Å². The van der Waals surface area contributed by atoms with Crippen LogP contribution in [0.15, 0.2) is 29.4 Å². The van der Waals surface area contributed by atoms with Crippen LogP contribution >= 0.6 is 0 Å². The van der Waals surface area contributed by atoms with Gasteiger partial charge in [-0.25, -0.2) is 5.43 Å². The number of nitrogens with zero attached hydrogens (tertiary/aromatic N) is 2. The number of anilines is 1. The molecule has 2 unspecified atom stereocenters. The van der Waals surface area contributed by atoms with Crippen molar-refractivity contribution >= 4 is 23.2 Å².